The molecule has 88 valence electrons. The van der Waals surface area contributed by atoms with Crippen molar-refractivity contribution in [1.29, 1.82) is 0 Å². The highest BCUT2D eigenvalue weighted by atomic mass is 16.3. The third-order valence-electron chi connectivity index (χ3n) is 3.33. The minimum absolute atomic E-state index is 0.190. The first kappa shape index (κ1) is 11.6. The first-order valence-electron chi connectivity index (χ1n) is 6.32. The zero-order chi connectivity index (χ0) is 11.2. The molecule has 1 aromatic carbocycles. The topological polar surface area (TPSA) is 23.5 Å². The molecule has 0 aromatic heterocycles. The normalized spacial score (nSPS) is 22.2. The lowest BCUT2D eigenvalue weighted by Crippen LogP contribution is -2.39. The van der Waals surface area contributed by atoms with E-state index in [1.807, 2.05) is 0 Å². The van der Waals surface area contributed by atoms with E-state index in [0.717, 1.165) is 32.4 Å². The number of rotatable bonds is 4. The summed E-state index contributed by atoms with van der Waals surface area (Å²) >= 11 is 0. The van der Waals surface area contributed by atoms with Gasteiger partial charge in [-0.2, -0.15) is 0 Å². The van der Waals surface area contributed by atoms with Gasteiger partial charge in [0, 0.05) is 13.1 Å². The fraction of sp³-hybridized carbons (Fsp3) is 0.571. The van der Waals surface area contributed by atoms with Crippen molar-refractivity contribution >= 4 is 0 Å². The lowest BCUT2D eigenvalue weighted by molar-refractivity contribution is -0.0239. The smallest absolute Gasteiger partial charge is 0.107 e. The van der Waals surface area contributed by atoms with Gasteiger partial charge < -0.3 is 5.11 Å². The van der Waals surface area contributed by atoms with Crippen LogP contribution in [0.3, 0.4) is 0 Å². The van der Waals surface area contributed by atoms with E-state index in [0.29, 0.717) is 0 Å². The molecule has 1 atom stereocenters. The monoisotopic (exact) mass is 219 g/mol. The first-order chi connectivity index (χ1) is 7.86. The van der Waals surface area contributed by atoms with Gasteiger partial charge in [-0.3, -0.25) is 4.90 Å². The molecule has 0 bridgehead atoms. The minimum atomic E-state index is -0.190. The Balaban J connectivity index is 1.71. The molecule has 0 aliphatic carbocycles. The van der Waals surface area contributed by atoms with Crippen LogP contribution in [0, 0.1) is 0 Å². The highest BCUT2D eigenvalue weighted by molar-refractivity contribution is 5.14. The highest BCUT2D eigenvalue weighted by Crippen LogP contribution is 2.15. The van der Waals surface area contributed by atoms with E-state index >= 15 is 0 Å². The Morgan fingerprint density at radius 3 is 2.75 bits per heavy atom. The van der Waals surface area contributed by atoms with Crippen LogP contribution in [0.1, 0.15) is 31.2 Å². The zero-order valence-corrected chi connectivity index (χ0v) is 9.81. The van der Waals surface area contributed by atoms with Gasteiger partial charge in [-0.15, -0.1) is 0 Å². The Hall–Kier alpha value is -0.860. The van der Waals surface area contributed by atoms with Gasteiger partial charge in [-0.1, -0.05) is 30.3 Å². The van der Waals surface area contributed by atoms with E-state index in [4.69, 9.17) is 0 Å². The quantitative estimate of drug-likeness (QED) is 0.840. The van der Waals surface area contributed by atoms with Crippen LogP contribution < -0.4 is 0 Å². The second kappa shape index (κ2) is 6.02. The van der Waals surface area contributed by atoms with E-state index < -0.39 is 0 Å². The van der Waals surface area contributed by atoms with E-state index in [9.17, 15) is 5.11 Å². The molecule has 0 amide bonds. The fourth-order valence-corrected chi connectivity index (χ4v) is 2.37. The van der Waals surface area contributed by atoms with Crippen LogP contribution in [-0.2, 0) is 6.42 Å². The van der Waals surface area contributed by atoms with Gasteiger partial charge in [0.1, 0.15) is 6.23 Å². The Morgan fingerprint density at radius 1 is 1.19 bits per heavy atom. The average Bonchev–Trinajstić information content (AvgIpc) is 2.33. The number of aliphatic hydroxyl groups is 1. The number of likely N-dealkylation sites (tertiary alicyclic amines) is 1. The van der Waals surface area contributed by atoms with Crippen molar-refractivity contribution in [3.63, 3.8) is 0 Å². The third kappa shape index (κ3) is 3.32. The van der Waals surface area contributed by atoms with Crippen LogP contribution in [0.15, 0.2) is 30.3 Å². The second-order valence-corrected chi connectivity index (χ2v) is 4.60. The second-order valence-electron chi connectivity index (χ2n) is 4.60. The number of benzene rings is 1. The van der Waals surface area contributed by atoms with Crippen LogP contribution in [0.2, 0.25) is 0 Å². The maximum absolute atomic E-state index is 9.79. The summed E-state index contributed by atoms with van der Waals surface area (Å²) in [5, 5.41) is 9.79. The molecule has 1 unspecified atom stereocenters. The van der Waals surface area contributed by atoms with Crippen molar-refractivity contribution in [3.05, 3.63) is 35.9 Å². The average molecular weight is 219 g/mol. The Labute approximate surface area is 97.9 Å². The predicted molar refractivity (Wildman–Crippen MR) is 66.2 cm³/mol. The van der Waals surface area contributed by atoms with Crippen LogP contribution in [-0.4, -0.2) is 29.3 Å². The summed E-state index contributed by atoms with van der Waals surface area (Å²) in [6, 6.07) is 10.6. The van der Waals surface area contributed by atoms with Gasteiger partial charge in [-0.25, -0.2) is 0 Å². The molecule has 1 aliphatic rings. The molecule has 1 aliphatic heterocycles. The molecule has 16 heavy (non-hydrogen) atoms. The molecular formula is C14H21NO. The summed E-state index contributed by atoms with van der Waals surface area (Å²) in [5.41, 5.74) is 1.40. The largest absolute Gasteiger partial charge is 0.378 e. The van der Waals surface area contributed by atoms with Crippen molar-refractivity contribution in [2.75, 3.05) is 13.1 Å². The predicted octanol–water partition coefficient (Wildman–Crippen LogP) is 2.42. The van der Waals surface area contributed by atoms with Gasteiger partial charge in [0.05, 0.1) is 0 Å². The Morgan fingerprint density at radius 2 is 2.00 bits per heavy atom. The number of aryl methyl sites for hydroxylation is 1. The van der Waals surface area contributed by atoms with Crippen molar-refractivity contribution < 1.29 is 5.11 Å². The fourth-order valence-electron chi connectivity index (χ4n) is 2.37. The molecule has 2 rings (SSSR count). The highest BCUT2D eigenvalue weighted by Gasteiger charge is 2.18. The number of nitrogens with zero attached hydrogens (tertiary/aromatic N) is 1. The molecule has 0 saturated carbocycles. The summed E-state index contributed by atoms with van der Waals surface area (Å²) < 4.78 is 0. The summed E-state index contributed by atoms with van der Waals surface area (Å²) in [6.07, 6.45) is 5.43. The number of piperidine rings is 1. The molecular weight excluding hydrogens is 198 g/mol. The Kier molecular flexibility index (Phi) is 4.37. The molecule has 1 saturated heterocycles. The first-order valence-corrected chi connectivity index (χ1v) is 6.32. The van der Waals surface area contributed by atoms with Crippen molar-refractivity contribution in [3.8, 4) is 0 Å². The minimum Gasteiger partial charge on any atom is -0.378 e. The van der Waals surface area contributed by atoms with Gasteiger partial charge in [-0.05, 0) is 37.7 Å². The van der Waals surface area contributed by atoms with Crippen molar-refractivity contribution in [2.45, 2.75) is 38.3 Å². The van der Waals surface area contributed by atoms with Gasteiger partial charge in [0.15, 0.2) is 0 Å². The van der Waals surface area contributed by atoms with Crippen molar-refractivity contribution in [2.24, 2.45) is 0 Å². The van der Waals surface area contributed by atoms with E-state index in [2.05, 4.69) is 35.2 Å². The number of aliphatic hydroxyl groups excluding tert-OH is 1. The summed E-state index contributed by atoms with van der Waals surface area (Å²) in [6.45, 7) is 2.09. The lowest BCUT2D eigenvalue weighted by atomic mass is 10.1. The maximum Gasteiger partial charge on any atom is 0.107 e. The molecule has 0 spiro atoms. The van der Waals surface area contributed by atoms with Crippen LogP contribution >= 0.6 is 0 Å². The standard InChI is InChI=1S/C14H21NO/c16-14-10-4-5-11-15(14)12-6-9-13-7-2-1-3-8-13/h1-3,7-8,14,16H,4-6,9-12H2. The Bertz CT molecular complexity index is 299. The van der Waals surface area contributed by atoms with E-state index in [1.165, 1.54) is 18.4 Å². The molecule has 0 radical (unpaired) electrons. The molecule has 2 nitrogen and oxygen atoms in total. The van der Waals surface area contributed by atoms with Gasteiger partial charge in [0.2, 0.25) is 0 Å². The van der Waals surface area contributed by atoms with E-state index in [-0.39, 0.29) is 6.23 Å². The summed E-state index contributed by atoms with van der Waals surface area (Å²) in [5.74, 6) is 0. The van der Waals surface area contributed by atoms with Crippen LogP contribution in [0.25, 0.3) is 0 Å². The van der Waals surface area contributed by atoms with Gasteiger partial charge in [0.25, 0.3) is 0 Å². The number of hydrogen-bond donors (Lipinski definition) is 1. The summed E-state index contributed by atoms with van der Waals surface area (Å²) in [4.78, 5) is 2.21. The molecule has 1 fully saturated rings. The lowest BCUT2D eigenvalue weighted by Gasteiger charge is -2.31. The summed E-state index contributed by atoms with van der Waals surface area (Å²) in [7, 11) is 0. The third-order valence-corrected chi connectivity index (χ3v) is 3.33. The SMILES string of the molecule is OC1CCCCN1CCCc1ccccc1. The molecule has 1 heterocycles. The molecule has 1 aromatic rings. The maximum atomic E-state index is 9.79. The molecule has 2 heteroatoms. The van der Waals surface area contributed by atoms with Crippen LogP contribution in [0.5, 0.6) is 0 Å². The number of hydrogen-bond acceptors (Lipinski definition) is 2. The van der Waals surface area contributed by atoms with Crippen LogP contribution in [0.4, 0.5) is 0 Å². The van der Waals surface area contributed by atoms with E-state index in [1.54, 1.807) is 0 Å². The zero-order valence-electron chi connectivity index (χ0n) is 9.81. The van der Waals surface area contributed by atoms with Crippen molar-refractivity contribution in [1.82, 2.24) is 4.90 Å². The molecule has 1 N–H and O–H groups in total. The van der Waals surface area contributed by atoms with Gasteiger partial charge >= 0.3 is 0 Å².